The second-order valence-electron chi connectivity index (χ2n) is 5.63. The van der Waals surface area contributed by atoms with E-state index in [1.807, 2.05) is 0 Å². The van der Waals surface area contributed by atoms with Crippen LogP contribution in [0.2, 0.25) is 0 Å². The van der Waals surface area contributed by atoms with Crippen LogP contribution in [-0.4, -0.2) is 5.60 Å². The molecule has 1 nitrogen and oxygen atoms in total. The van der Waals surface area contributed by atoms with Crippen molar-refractivity contribution in [3.05, 3.63) is 66.3 Å². The average Bonchev–Trinajstić information content (AvgIpc) is 2.51. The molecule has 1 unspecified atom stereocenters. The van der Waals surface area contributed by atoms with Crippen LogP contribution in [0.25, 0.3) is 0 Å². The summed E-state index contributed by atoms with van der Waals surface area (Å²) in [5.74, 6) is 0.941. The Kier molecular flexibility index (Phi) is 5.86. The molecule has 1 aromatic rings. The van der Waals surface area contributed by atoms with E-state index in [0.29, 0.717) is 0 Å². The number of rotatable bonds is 7. The number of benzene rings is 1. The summed E-state index contributed by atoms with van der Waals surface area (Å²) in [6.45, 7) is 4.40. The Labute approximate surface area is 129 Å². The third-order valence-electron chi connectivity index (χ3n) is 3.69. The number of hydrogen-bond donors (Lipinski definition) is 0. The van der Waals surface area contributed by atoms with Crippen LogP contribution in [0, 0.1) is 0 Å². The Morgan fingerprint density at radius 2 is 1.90 bits per heavy atom. The summed E-state index contributed by atoms with van der Waals surface area (Å²) in [5.41, 5.74) is 1.05. The molecule has 1 aliphatic rings. The van der Waals surface area contributed by atoms with E-state index >= 15 is 0 Å². The Balaban J connectivity index is 2.11. The molecule has 21 heavy (non-hydrogen) atoms. The van der Waals surface area contributed by atoms with Crippen LogP contribution in [0.4, 0.5) is 0 Å². The highest BCUT2D eigenvalue weighted by molar-refractivity contribution is 5.32. The molecule has 0 radical (unpaired) electrons. The first kappa shape index (κ1) is 15.6. The molecule has 2 rings (SSSR count). The minimum atomic E-state index is -0.323. The lowest BCUT2D eigenvalue weighted by Crippen LogP contribution is -2.31. The highest BCUT2D eigenvalue weighted by Gasteiger charge is 2.25. The summed E-state index contributed by atoms with van der Waals surface area (Å²) in [6.07, 6.45) is 18.4. The highest BCUT2D eigenvalue weighted by atomic mass is 16.5. The van der Waals surface area contributed by atoms with Gasteiger partial charge in [0, 0.05) is 6.42 Å². The van der Waals surface area contributed by atoms with Crippen LogP contribution < -0.4 is 4.74 Å². The molecule has 0 aromatic heterocycles. The quantitative estimate of drug-likeness (QED) is 0.589. The predicted molar refractivity (Wildman–Crippen MR) is 90.7 cm³/mol. The maximum atomic E-state index is 6.30. The maximum Gasteiger partial charge on any atom is 0.149 e. The van der Waals surface area contributed by atoms with Crippen molar-refractivity contribution in [1.82, 2.24) is 0 Å². The standard InChI is InChI=1S/C20H26O/c1-3-5-7-15-20(16-8-6-9-17-20)21-19-13-11-18(10-4-2)12-14-19/h6-9,11-16H,3-5,10,17H2,1-2H3. The molecule has 1 heteroatoms. The van der Waals surface area contributed by atoms with Crippen molar-refractivity contribution >= 4 is 0 Å². The zero-order valence-corrected chi connectivity index (χ0v) is 13.2. The zero-order chi connectivity index (χ0) is 15.0. The highest BCUT2D eigenvalue weighted by Crippen LogP contribution is 2.28. The molecule has 0 amide bonds. The van der Waals surface area contributed by atoms with E-state index in [9.17, 15) is 0 Å². The largest absolute Gasteiger partial charge is 0.479 e. The van der Waals surface area contributed by atoms with E-state index in [-0.39, 0.29) is 5.60 Å². The zero-order valence-electron chi connectivity index (χ0n) is 13.2. The van der Waals surface area contributed by atoms with Crippen molar-refractivity contribution in [3.8, 4) is 5.75 Å². The van der Waals surface area contributed by atoms with Gasteiger partial charge < -0.3 is 4.74 Å². The van der Waals surface area contributed by atoms with E-state index in [1.54, 1.807) is 0 Å². The molecule has 1 atom stereocenters. The van der Waals surface area contributed by atoms with Crippen LogP contribution in [-0.2, 0) is 6.42 Å². The monoisotopic (exact) mass is 282 g/mol. The van der Waals surface area contributed by atoms with E-state index in [4.69, 9.17) is 4.74 Å². The van der Waals surface area contributed by atoms with Gasteiger partial charge in [-0.2, -0.15) is 0 Å². The van der Waals surface area contributed by atoms with Crippen LogP contribution >= 0.6 is 0 Å². The van der Waals surface area contributed by atoms with Crippen molar-refractivity contribution in [2.45, 2.75) is 51.6 Å². The summed E-state index contributed by atoms with van der Waals surface area (Å²) in [6, 6.07) is 8.52. The lowest BCUT2D eigenvalue weighted by atomic mass is 9.94. The van der Waals surface area contributed by atoms with E-state index in [0.717, 1.165) is 31.4 Å². The molecule has 0 heterocycles. The second-order valence-corrected chi connectivity index (χ2v) is 5.63. The van der Waals surface area contributed by atoms with Crippen LogP contribution in [0.15, 0.2) is 60.7 Å². The molecule has 0 bridgehead atoms. The van der Waals surface area contributed by atoms with Gasteiger partial charge in [-0.1, -0.05) is 63.1 Å². The Morgan fingerprint density at radius 3 is 2.52 bits per heavy atom. The van der Waals surface area contributed by atoms with Gasteiger partial charge in [0.2, 0.25) is 0 Å². The molecule has 0 N–H and O–H groups in total. The number of unbranched alkanes of at least 4 members (excludes halogenated alkanes) is 1. The molecule has 112 valence electrons. The normalized spacial score (nSPS) is 21.0. The van der Waals surface area contributed by atoms with Crippen molar-refractivity contribution in [2.75, 3.05) is 0 Å². The number of ether oxygens (including phenoxy) is 1. The third kappa shape index (κ3) is 4.63. The smallest absolute Gasteiger partial charge is 0.149 e. The number of hydrogen-bond acceptors (Lipinski definition) is 1. The number of allylic oxidation sites excluding steroid dienone is 3. The van der Waals surface area contributed by atoms with Gasteiger partial charge in [-0.3, -0.25) is 0 Å². The van der Waals surface area contributed by atoms with Crippen LogP contribution in [0.5, 0.6) is 5.75 Å². The van der Waals surface area contributed by atoms with Crippen molar-refractivity contribution < 1.29 is 4.74 Å². The van der Waals surface area contributed by atoms with E-state index in [1.165, 1.54) is 12.0 Å². The molecular weight excluding hydrogens is 256 g/mol. The summed E-state index contributed by atoms with van der Waals surface area (Å²) in [5, 5.41) is 0. The molecule has 0 aliphatic heterocycles. The first-order valence-corrected chi connectivity index (χ1v) is 8.08. The van der Waals surface area contributed by atoms with Crippen molar-refractivity contribution in [2.24, 2.45) is 0 Å². The molecule has 0 saturated heterocycles. The van der Waals surface area contributed by atoms with Gasteiger partial charge in [0.15, 0.2) is 0 Å². The maximum absolute atomic E-state index is 6.30. The summed E-state index contributed by atoms with van der Waals surface area (Å²) in [4.78, 5) is 0. The van der Waals surface area contributed by atoms with Gasteiger partial charge >= 0.3 is 0 Å². The summed E-state index contributed by atoms with van der Waals surface area (Å²) in [7, 11) is 0. The molecule has 1 aliphatic carbocycles. The third-order valence-corrected chi connectivity index (χ3v) is 3.69. The van der Waals surface area contributed by atoms with Gasteiger partial charge in [0.05, 0.1) is 0 Å². The fourth-order valence-electron chi connectivity index (χ4n) is 2.53. The SMILES string of the molecule is CCCC=CC1(Oc2ccc(CCC)cc2)C=CC=CC1. The Morgan fingerprint density at radius 1 is 1.10 bits per heavy atom. The Hall–Kier alpha value is -1.76. The van der Waals surface area contributed by atoms with Gasteiger partial charge in [-0.05, 0) is 42.7 Å². The van der Waals surface area contributed by atoms with Crippen molar-refractivity contribution in [3.63, 3.8) is 0 Å². The number of aryl methyl sites for hydroxylation is 1. The average molecular weight is 282 g/mol. The second kappa shape index (κ2) is 7.87. The fourth-order valence-corrected chi connectivity index (χ4v) is 2.53. The first-order chi connectivity index (χ1) is 10.3. The molecule has 0 saturated carbocycles. The topological polar surface area (TPSA) is 9.23 Å². The lowest BCUT2D eigenvalue weighted by molar-refractivity contribution is 0.173. The fraction of sp³-hybridized carbons (Fsp3) is 0.400. The van der Waals surface area contributed by atoms with Gasteiger partial charge in [0.25, 0.3) is 0 Å². The molecule has 0 fully saturated rings. The van der Waals surface area contributed by atoms with Gasteiger partial charge in [-0.15, -0.1) is 0 Å². The molecule has 0 spiro atoms. The van der Waals surface area contributed by atoms with Crippen LogP contribution in [0.3, 0.4) is 0 Å². The van der Waals surface area contributed by atoms with Gasteiger partial charge in [0.1, 0.15) is 11.4 Å². The molecular formula is C20H26O. The van der Waals surface area contributed by atoms with Gasteiger partial charge in [-0.25, -0.2) is 0 Å². The van der Waals surface area contributed by atoms with E-state index in [2.05, 4.69) is 74.6 Å². The molecule has 1 aromatic carbocycles. The van der Waals surface area contributed by atoms with Crippen molar-refractivity contribution in [1.29, 1.82) is 0 Å². The lowest BCUT2D eigenvalue weighted by Gasteiger charge is -2.29. The Bertz CT molecular complexity index is 507. The summed E-state index contributed by atoms with van der Waals surface area (Å²) < 4.78 is 6.30. The predicted octanol–water partition coefficient (Wildman–Crippen LogP) is 5.63. The minimum absolute atomic E-state index is 0.323. The van der Waals surface area contributed by atoms with Crippen LogP contribution in [0.1, 0.15) is 45.1 Å². The van der Waals surface area contributed by atoms with E-state index < -0.39 is 0 Å². The minimum Gasteiger partial charge on any atom is -0.479 e. The first-order valence-electron chi connectivity index (χ1n) is 8.08. The summed E-state index contributed by atoms with van der Waals surface area (Å²) >= 11 is 0.